The largest absolute Gasteiger partial charge is 0.373 e. The van der Waals surface area contributed by atoms with E-state index in [4.69, 9.17) is 4.98 Å². The van der Waals surface area contributed by atoms with Gasteiger partial charge in [0.1, 0.15) is 6.17 Å². The molecule has 1 fully saturated rings. The fourth-order valence-corrected chi connectivity index (χ4v) is 3.45. The van der Waals surface area contributed by atoms with Crippen LogP contribution in [0.2, 0.25) is 0 Å². The zero-order chi connectivity index (χ0) is 17.8. The van der Waals surface area contributed by atoms with Gasteiger partial charge < -0.3 is 9.80 Å². The minimum Gasteiger partial charge on any atom is -0.373 e. The van der Waals surface area contributed by atoms with E-state index in [0.717, 1.165) is 35.7 Å². The van der Waals surface area contributed by atoms with Crippen molar-refractivity contribution in [1.82, 2.24) is 4.98 Å². The van der Waals surface area contributed by atoms with Crippen molar-refractivity contribution in [2.24, 2.45) is 0 Å². The Bertz CT molecular complexity index is 716. The monoisotopic (exact) mass is 341 g/mol. The van der Waals surface area contributed by atoms with Crippen LogP contribution in [0.1, 0.15) is 31.9 Å². The number of aromatic nitrogens is 1. The van der Waals surface area contributed by atoms with Gasteiger partial charge in [0.2, 0.25) is 0 Å². The third kappa shape index (κ3) is 4.12. The fraction of sp³-hybridized carbons (Fsp3) is 0.476. The molecule has 0 amide bonds. The van der Waals surface area contributed by atoms with E-state index in [2.05, 4.69) is 61.0 Å². The minimum absolute atomic E-state index is 0.497. The molecule has 4 heteroatoms. The van der Waals surface area contributed by atoms with Gasteiger partial charge in [-0.05, 0) is 44.0 Å². The molecule has 1 unspecified atom stereocenters. The molecule has 1 aliphatic rings. The Kier molecular flexibility index (Phi) is 5.57. The number of nitrogens with zero attached hydrogens (tertiary/aromatic N) is 3. The molecule has 0 spiro atoms. The fourth-order valence-electron chi connectivity index (χ4n) is 3.45. The number of unbranched alkanes of at least 4 members (excludes halogenated alkanes) is 1. The first-order chi connectivity index (χ1) is 12.1. The van der Waals surface area contributed by atoms with Crippen molar-refractivity contribution in [2.75, 3.05) is 36.5 Å². The predicted molar refractivity (Wildman–Crippen MR) is 104 cm³/mol. The number of aryl methyl sites for hydroxylation is 1. The zero-order valence-electron chi connectivity index (χ0n) is 15.5. The van der Waals surface area contributed by atoms with Crippen LogP contribution in [0.4, 0.5) is 15.8 Å². The Morgan fingerprint density at radius 2 is 2.12 bits per heavy atom. The van der Waals surface area contributed by atoms with Crippen LogP contribution in [-0.2, 0) is 0 Å². The number of alkyl halides is 1. The Labute approximate surface area is 150 Å². The molecule has 1 atom stereocenters. The molecule has 1 saturated heterocycles. The van der Waals surface area contributed by atoms with Crippen molar-refractivity contribution in [3.05, 3.63) is 42.1 Å². The highest BCUT2D eigenvalue weighted by Crippen LogP contribution is 2.28. The molecule has 3 nitrogen and oxygen atoms in total. The summed E-state index contributed by atoms with van der Waals surface area (Å²) in [6.07, 6.45) is 2.30. The van der Waals surface area contributed by atoms with E-state index in [1.165, 1.54) is 18.5 Å². The summed E-state index contributed by atoms with van der Waals surface area (Å²) in [6.45, 7) is 6.61. The highest BCUT2D eigenvalue weighted by molar-refractivity contribution is 5.68. The molecule has 0 bridgehead atoms. The van der Waals surface area contributed by atoms with Gasteiger partial charge in [0, 0.05) is 37.9 Å². The minimum atomic E-state index is -0.707. The summed E-state index contributed by atoms with van der Waals surface area (Å²) in [5.41, 5.74) is 5.38. The highest BCUT2D eigenvalue weighted by Gasteiger charge is 2.22. The summed E-state index contributed by atoms with van der Waals surface area (Å²) in [7, 11) is 2.13. The van der Waals surface area contributed by atoms with Crippen LogP contribution >= 0.6 is 0 Å². The van der Waals surface area contributed by atoms with E-state index in [0.29, 0.717) is 13.0 Å². The molecule has 2 aromatic rings. The number of hydrogen-bond donors (Lipinski definition) is 0. The number of halogens is 1. The summed E-state index contributed by atoms with van der Waals surface area (Å²) in [5.74, 6) is 0. The van der Waals surface area contributed by atoms with Gasteiger partial charge in [-0.15, -0.1) is 0 Å². The van der Waals surface area contributed by atoms with Crippen molar-refractivity contribution in [3.63, 3.8) is 0 Å². The van der Waals surface area contributed by atoms with Crippen molar-refractivity contribution >= 4 is 11.4 Å². The maximum absolute atomic E-state index is 13.5. The molecule has 0 saturated carbocycles. The summed E-state index contributed by atoms with van der Waals surface area (Å²) in [6, 6.07) is 12.5. The average molecular weight is 341 g/mol. The van der Waals surface area contributed by atoms with Gasteiger partial charge >= 0.3 is 0 Å². The Morgan fingerprint density at radius 1 is 1.28 bits per heavy atom. The summed E-state index contributed by atoms with van der Waals surface area (Å²) in [4.78, 5) is 9.22. The van der Waals surface area contributed by atoms with Crippen LogP contribution in [-0.4, -0.2) is 37.8 Å². The number of pyridine rings is 1. The molecule has 0 N–H and O–H groups in total. The Morgan fingerprint density at radius 3 is 2.80 bits per heavy atom. The third-order valence-electron chi connectivity index (χ3n) is 4.95. The molecule has 134 valence electrons. The van der Waals surface area contributed by atoms with Crippen LogP contribution in [0.5, 0.6) is 0 Å². The smallest absolute Gasteiger partial charge is 0.119 e. The molecule has 0 aliphatic carbocycles. The van der Waals surface area contributed by atoms with Gasteiger partial charge in [-0.25, -0.2) is 4.39 Å². The molecule has 1 aromatic carbocycles. The second-order valence-corrected chi connectivity index (χ2v) is 6.96. The van der Waals surface area contributed by atoms with Gasteiger partial charge in [-0.2, -0.15) is 0 Å². The van der Waals surface area contributed by atoms with E-state index in [1.807, 2.05) is 6.07 Å². The van der Waals surface area contributed by atoms with Crippen LogP contribution in [0.25, 0.3) is 11.3 Å². The lowest BCUT2D eigenvalue weighted by atomic mass is 10.1. The molecule has 2 heterocycles. The summed E-state index contributed by atoms with van der Waals surface area (Å²) >= 11 is 0. The molecule has 1 aromatic heterocycles. The normalized spacial score (nSPS) is 17.1. The van der Waals surface area contributed by atoms with Crippen LogP contribution in [0.3, 0.4) is 0 Å². The number of hydrogen-bond acceptors (Lipinski definition) is 3. The van der Waals surface area contributed by atoms with Gasteiger partial charge in [0.25, 0.3) is 0 Å². The lowest BCUT2D eigenvalue weighted by Gasteiger charge is -2.21. The summed E-state index contributed by atoms with van der Waals surface area (Å²) in [5, 5.41) is 0. The molecule has 0 radical (unpaired) electrons. The van der Waals surface area contributed by atoms with Crippen molar-refractivity contribution < 1.29 is 4.39 Å². The van der Waals surface area contributed by atoms with Crippen LogP contribution in [0, 0.1) is 6.92 Å². The molecular weight excluding hydrogens is 313 g/mol. The molecule has 3 rings (SSSR count). The van der Waals surface area contributed by atoms with E-state index >= 15 is 0 Å². The number of rotatable bonds is 6. The van der Waals surface area contributed by atoms with E-state index in [1.54, 1.807) is 0 Å². The quantitative estimate of drug-likeness (QED) is 0.749. The van der Waals surface area contributed by atoms with Gasteiger partial charge in [-0.3, -0.25) is 4.98 Å². The SMILES string of the molecule is CCCCN(C)c1ccc(-c2cccc(N3CCC(F)C3)c2)nc1C. The van der Waals surface area contributed by atoms with Gasteiger partial charge in [0.05, 0.1) is 17.1 Å². The second-order valence-electron chi connectivity index (χ2n) is 6.96. The maximum Gasteiger partial charge on any atom is 0.119 e. The first-order valence-corrected chi connectivity index (χ1v) is 9.26. The highest BCUT2D eigenvalue weighted by atomic mass is 19.1. The maximum atomic E-state index is 13.5. The van der Waals surface area contributed by atoms with Gasteiger partial charge in [-0.1, -0.05) is 25.5 Å². The van der Waals surface area contributed by atoms with Crippen molar-refractivity contribution in [3.8, 4) is 11.3 Å². The zero-order valence-corrected chi connectivity index (χ0v) is 15.5. The average Bonchev–Trinajstić information content (AvgIpc) is 3.06. The number of anilines is 2. The van der Waals surface area contributed by atoms with E-state index in [-0.39, 0.29) is 0 Å². The van der Waals surface area contributed by atoms with Crippen LogP contribution < -0.4 is 9.80 Å². The van der Waals surface area contributed by atoms with Gasteiger partial charge in [0.15, 0.2) is 0 Å². The number of benzene rings is 1. The third-order valence-corrected chi connectivity index (χ3v) is 4.95. The molecular formula is C21H28FN3. The second kappa shape index (κ2) is 7.85. The Balaban J connectivity index is 1.81. The van der Waals surface area contributed by atoms with E-state index < -0.39 is 6.17 Å². The first kappa shape index (κ1) is 17.7. The Hall–Kier alpha value is -2.10. The molecule has 1 aliphatic heterocycles. The lowest BCUT2D eigenvalue weighted by Crippen LogP contribution is -2.20. The molecule has 25 heavy (non-hydrogen) atoms. The van der Waals surface area contributed by atoms with E-state index in [9.17, 15) is 4.39 Å². The standard InChI is InChI=1S/C21H28FN3/c1-4-5-12-24(3)21-10-9-20(23-16(21)2)17-7-6-8-19(14-17)25-13-11-18(22)15-25/h6-10,14,18H,4-5,11-13,15H2,1-3H3. The summed E-state index contributed by atoms with van der Waals surface area (Å²) < 4.78 is 13.5. The van der Waals surface area contributed by atoms with Crippen LogP contribution in [0.15, 0.2) is 36.4 Å². The topological polar surface area (TPSA) is 19.4 Å². The van der Waals surface area contributed by atoms with Crippen molar-refractivity contribution in [1.29, 1.82) is 0 Å². The van der Waals surface area contributed by atoms with Crippen molar-refractivity contribution in [2.45, 2.75) is 39.3 Å². The lowest BCUT2D eigenvalue weighted by molar-refractivity contribution is 0.364. The first-order valence-electron chi connectivity index (χ1n) is 9.26. The predicted octanol–water partition coefficient (Wildman–Crippen LogP) is 4.84.